The Bertz CT molecular complexity index is 2650. The molecule has 1 aliphatic heterocycles. The summed E-state index contributed by atoms with van der Waals surface area (Å²) in [7, 11) is 0. The van der Waals surface area contributed by atoms with Gasteiger partial charge in [-0.25, -0.2) is 4.79 Å². The van der Waals surface area contributed by atoms with Crippen molar-refractivity contribution in [1.82, 2.24) is 4.90 Å². The third-order valence-corrected chi connectivity index (χ3v) is 11.2. The Balaban J connectivity index is 1.58. The van der Waals surface area contributed by atoms with Gasteiger partial charge in [0.05, 0.1) is 37.6 Å². The number of hydrogen-bond acceptors (Lipinski definition) is 26. The van der Waals surface area contributed by atoms with Gasteiger partial charge in [0.1, 0.15) is 36.9 Å². The molecule has 0 bridgehead atoms. The molecule has 1 spiro atoms. The monoisotopic (exact) mass is 1080 g/mol. The summed E-state index contributed by atoms with van der Waals surface area (Å²) < 4.78 is 68.5. The number of carbonyl (C=O) groups excluding carboxylic acids is 11. The molecule has 0 aromatic heterocycles. The lowest BCUT2D eigenvalue weighted by Crippen LogP contribution is -2.41. The van der Waals surface area contributed by atoms with Crippen LogP contribution in [0.5, 0.6) is 17.2 Å². The quantitative estimate of drug-likeness (QED) is 0.0366. The summed E-state index contributed by atoms with van der Waals surface area (Å²) in [4.78, 5) is 138. The molecule has 0 fully saturated rings. The van der Waals surface area contributed by atoms with E-state index in [1.165, 1.54) is 43.0 Å². The van der Waals surface area contributed by atoms with E-state index in [1.54, 1.807) is 24.3 Å². The fraction of sp³-hybridized carbons (Fsp3) is 0.431. The molecule has 3 aromatic rings. The molecule has 0 unspecified atom stereocenters. The first-order chi connectivity index (χ1) is 36.4. The van der Waals surface area contributed by atoms with E-state index in [0.29, 0.717) is 22.3 Å². The Hall–Kier alpha value is -8.65. The molecule has 0 N–H and O–H groups in total. The smallest absolute Gasteiger partial charge is 0.340 e. The second-order valence-corrected chi connectivity index (χ2v) is 17.3. The summed E-state index contributed by atoms with van der Waals surface area (Å²) in [5, 5.41) is 0. The van der Waals surface area contributed by atoms with Gasteiger partial charge in [-0.2, -0.15) is 0 Å². The van der Waals surface area contributed by atoms with Gasteiger partial charge in [0.25, 0.3) is 0 Å². The molecule has 0 radical (unpaired) electrons. The molecule has 1 aliphatic carbocycles. The second kappa shape index (κ2) is 26.7. The van der Waals surface area contributed by atoms with Crippen molar-refractivity contribution in [1.29, 1.82) is 0 Å². The average molecular weight is 1080 g/mol. The standard InChI is InChI=1S/C51H56N2O24/c1-29(54)67-25-71-45(60)21-52(22-46(61)72-26-68-30(2)55)13-14-65-15-16-66-44-20-40-37(19-43(44)53(23-47(62)73-27-69-31(3)56)24-48(63)74-28-70-32(4)57)49(64)77-51(40)38-11-9-35(75-33(5)58)17-41(38)50(7,8)42-18-36(76-34(6)59)10-12-39(42)51/h9-12,17-20H,13-16,21-28H2,1-8H3. The maximum Gasteiger partial charge on any atom is 0.340 e. The lowest BCUT2D eigenvalue weighted by Gasteiger charge is -2.44. The van der Waals surface area contributed by atoms with Crippen LogP contribution < -0.4 is 19.1 Å². The maximum absolute atomic E-state index is 14.5. The van der Waals surface area contributed by atoms with Gasteiger partial charge in [-0.05, 0) is 47.5 Å². The van der Waals surface area contributed by atoms with Crippen LogP contribution in [0.25, 0.3) is 0 Å². The summed E-state index contributed by atoms with van der Waals surface area (Å²) in [5.74, 6) is -8.65. The first-order valence-electron chi connectivity index (χ1n) is 23.3. The zero-order valence-corrected chi connectivity index (χ0v) is 43.3. The third-order valence-electron chi connectivity index (χ3n) is 11.2. The van der Waals surface area contributed by atoms with E-state index >= 15 is 0 Å². The summed E-state index contributed by atoms with van der Waals surface area (Å²) in [6, 6.07) is 12.3. The van der Waals surface area contributed by atoms with Gasteiger partial charge < -0.3 is 66.5 Å². The van der Waals surface area contributed by atoms with Gasteiger partial charge in [0, 0.05) is 70.2 Å². The van der Waals surface area contributed by atoms with Crippen molar-refractivity contribution < 1.29 is 114 Å². The number of ether oxygens (including phenoxy) is 13. The minimum absolute atomic E-state index is 0.0854. The molecule has 2 aliphatic rings. The summed E-state index contributed by atoms with van der Waals surface area (Å²) >= 11 is 0. The third kappa shape index (κ3) is 16.2. The van der Waals surface area contributed by atoms with Crippen LogP contribution in [0.2, 0.25) is 0 Å². The van der Waals surface area contributed by atoms with Crippen molar-refractivity contribution in [2.75, 3.05) is 84.6 Å². The van der Waals surface area contributed by atoms with Crippen LogP contribution >= 0.6 is 0 Å². The van der Waals surface area contributed by atoms with E-state index in [1.807, 2.05) is 13.8 Å². The Kier molecular flexibility index (Phi) is 20.5. The van der Waals surface area contributed by atoms with Gasteiger partial charge in [0.15, 0.2) is 5.60 Å². The van der Waals surface area contributed by atoms with Crippen LogP contribution in [0.15, 0.2) is 48.5 Å². The highest BCUT2D eigenvalue weighted by Crippen LogP contribution is 2.58. The number of carbonyl (C=O) groups is 11. The Morgan fingerprint density at radius 2 is 0.909 bits per heavy atom. The molecule has 0 atom stereocenters. The van der Waals surface area contributed by atoms with Gasteiger partial charge in [-0.15, -0.1) is 0 Å². The number of fused-ring (bicyclic) bond motifs is 6. The van der Waals surface area contributed by atoms with Crippen LogP contribution in [0.4, 0.5) is 5.69 Å². The van der Waals surface area contributed by atoms with Crippen LogP contribution in [-0.2, 0) is 106 Å². The molecular formula is C51H56N2O24. The minimum atomic E-state index is -1.80. The molecule has 0 saturated heterocycles. The highest BCUT2D eigenvalue weighted by atomic mass is 16.7. The van der Waals surface area contributed by atoms with Crippen molar-refractivity contribution in [3.8, 4) is 17.2 Å². The summed E-state index contributed by atoms with van der Waals surface area (Å²) in [6.07, 6.45) is 0. The Morgan fingerprint density at radius 3 is 1.32 bits per heavy atom. The lowest BCUT2D eigenvalue weighted by molar-refractivity contribution is -0.170. The second-order valence-electron chi connectivity index (χ2n) is 17.3. The molecule has 77 heavy (non-hydrogen) atoms. The van der Waals surface area contributed by atoms with Crippen molar-refractivity contribution in [2.24, 2.45) is 0 Å². The van der Waals surface area contributed by atoms with Crippen molar-refractivity contribution in [2.45, 2.75) is 66.4 Å². The topological polar surface area (TPSA) is 314 Å². The van der Waals surface area contributed by atoms with E-state index in [2.05, 4.69) is 9.47 Å². The number of nitrogens with zero attached hydrogens (tertiary/aromatic N) is 2. The summed E-state index contributed by atoms with van der Waals surface area (Å²) in [5.41, 5.74) is -0.835. The molecular weight excluding hydrogens is 1020 g/mol. The highest BCUT2D eigenvalue weighted by Gasteiger charge is 2.56. The van der Waals surface area contributed by atoms with Crippen molar-refractivity contribution in [3.63, 3.8) is 0 Å². The van der Waals surface area contributed by atoms with Gasteiger partial charge in [-0.1, -0.05) is 26.0 Å². The fourth-order valence-electron chi connectivity index (χ4n) is 8.00. The zero-order valence-electron chi connectivity index (χ0n) is 43.3. The van der Waals surface area contributed by atoms with E-state index < -0.39 is 130 Å². The van der Waals surface area contributed by atoms with E-state index in [4.69, 9.17) is 52.1 Å². The predicted molar refractivity (Wildman–Crippen MR) is 255 cm³/mol. The van der Waals surface area contributed by atoms with Crippen molar-refractivity contribution >= 4 is 71.3 Å². The first kappa shape index (κ1) is 59.2. The van der Waals surface area contributed by atoms with Gasteiger partial charge in [-0.3, -0.25) is 52.8 Å². The molecule has 5 rings (SSSR count). The zero-order chi connectivity index (χ0) is 56.6. The van der Waals surface area contributed by atoms with Crippen LogP contribution in [-0.4, -0.2) is 150 Å². The minimum Gasteiger partial charge on any atom is -0.489 e. The van der Waals surface area contributed by atoms with Crippen LogP contribution in [0.3, 0.4) is 0 Å². The lowest BCUT2D eigenvalue weighted by atomic mass is 9.61. The fourth-order valence-corrected chi connectivity index (χ4v) is 8.00. The van der Waals surface area contributed by atoms with Crippen molar-refractivity contribution in [3.05, 3.63) is 81.9 Å². The van der Waals surface area contributed by atoms with Gasteiger partial charge >= 0.3 is 65.7 Å². The number of anilines is 1. The molecule has 3 aromatic carbocycles. The predicted octanol–water partition coefficient (Wildman–Crippen LogP) is 2.40. The van der Waals surface area contributed by atoms with Gasteiger partial charge in [0.2, 0.25) is 27.2 Å². The molecule has 0 saturated carbocycles. The molecule has 414 valence electrons. The molecule has 0 amide bonds. The molecule has 1 heterocycles. The first-order valence-corrected chi connectivity index (χ1v) is 23.3. The van der Waals surface area contributed by atoms with E-state index in [-0.39, 0.29) is 60.4 Å². The number of hydrogen-bond donors (Lipinski definition) is 0. The number of rotatable bonds is 26. The number of benzene rings is 3. The SMILES string of the molecule is CC(=O)OCOC(=O)CN(CCOCCOc1cc2c(cc1N(CC(=O)OCOC(C)=O)CC(=O)OCOC(C)=O)C(=O)OC21c2ccc(OC(C)=O)cc2C(C)(C)c2cc(OC(C)=O)ccc21)CC(=O)OCOC(C)=O. The molecule has 26 nitrogen and oxygen atoms in total. The number of esters is 11. The summed E-state index contributed by atoms with van der Waals surface area (Å²) in [6.45, 7) is 4.27. The highest BCUT2D eigenvalue weighted by molar-refractivity contribution is 5.99. The van der Waals surface area contributed by atoms with E-state index in [9.17, 15) is 52.7 Å². The maximum atomic E-state index is 14.5. The Morgan fingerprint density at radius 1 is 0.481 bits per heavy atom. The van der Waals surface area contributed by atoms with E-state index in [0.717, 1.165) is 32.6 Å². The normalized spacial score (nSPS) is 13.0. The van der Waals surface area contributed by atoms with Crippen LogP contribution in [0, 0.1) is 0 Å². The van der Waals surface area contributed by atoms with Crippen LogP contribution in [0.1, 0.15) is 93.6 Å². The molecule has 26 heteroatoms. The largest absolute Gasteiger partial charge is 0.489 e. The Labute approximate surface area is 439 Å². The average Bonchev–Trinajstić information content (AvgIpc) is 3.93.